The average Bonchev–Trinajstić information content (AvgIpc) is 2.17. The van der Waals surface area contributed by atoms with Crippen LogP contribution in [-0.2, 0) is 0 Å². The molecule has 0 aliphatic heterocycles. The molecule has 0 amide bonds. The summed E-state index contributed by atoms with van der Waals surface area (Å²) in [5.41, 5.74) is 0.359. The van der Waals surface area contributed by atoms with Crippen LogP contribution in [0.25, 0.3) is 10.8 Å². The number of fused-ring (bicyclic) bond motifs is 1. The summed E-state index contributed by atoms with van der Waals surface area (Å²) < 4.78 is 0. The molecule has 69 valence electrons. The molecule has 0 aliphatic rings. The molecule has 4 heteroatoms. The topological polar surface area (TPSA) is 37.3 Å². The number of carbonyl (C=O) groups is 1. The van der Waals surface area contributed by atoms with Gasteiger partial charge in [-0.05, 0) is 16.8 Å². The molecule has 2 aromatic rings. The van der Waals surface area contributed by atoms with Gasteiger partial charge in [-0.1, -0.05) is 36.4 Å². The predicted molar refractivity (Wildman–Crippen MR) is 57.8 cm³/mol. The zero-order valence-corrected chi connectivity index (χ0v) is 11.6. The Morgan fingerprint density at radius 2 is 1.67 bits per heavy atom. The molecule has 2 aromatic carbocycles. The van der Waals surface area contributed by atoms with Gasteiger partial charge in [-0.3, -0.25) is 0 Å². The van der Waals surface area contributed by atoms with Crippen LogP contribution in [0.5, 0.6) is 0 Å². The molecule has 15 heavy (non-hydrogen) atoms. The van der Waals surface area contributed by atoms with Crippen molar-refractivity contribution in [1.29, 1.82) is 0 Å². The van der Waals surface area contributed by atoms with Crippen LogP contribution in [0.15, 0.2) is 42.5 Å². The van der Waals surface area contributed by atoms with Gasteiger partial charge in [0, 0.05) is 17.4 Å². The number of benzene rings is 2. The molecule has 3 radical (unpaired) electrons. The number of rotatable bonds is 1. The molecule has 0 saturated carbocycles. The first-order valence-electron chi connectivity index (χ1n) is 4.00. The van der Waals surface area contributed by atoms with E-state index < -0.39 is 5.97 Å². The molecule has 0 heterocycles. The van der Waals surface area contributed by atoms with Gasteiger partial charge in [0.2, 0.25) is 0 Å². The van der Waals surface area contributed by atoms with E-state index in [0.29, 0.717) is 5.56 Å². The van der Waals surface area contributed by atoms with E-state index in [1.54, 1.807) is 12.1 Å². The molecular weight excluding hydrogens is 214 g/mol. The third-order valence-corrected chi connectivity index (χ3v) is 2.02. The average molecular weight is 223 g/mol. The van der Waals surface area contributed by atoms with Crippen molar-refractivity contribution in [3.63, 3.8) is 0 Å². The second kappa shape index (κ2) is 6.32. The molecule has 0 fully saturated rings. The Labute approximate surface area is 122 Å². The number of carboxylic acid groups (broad SMARTS) is 1. The number of aromatic carboxylic acids is 1. The van der Waals surface area contributed by atoms with E-state index in [4.69, 9.17) is 5.11 Å². The first-order chi connectivity index (χ1) is 6.29. The van der Waals surface area contributed by atoms with Gasteiger partial charge in [0.15, 0.2) is 0 Å². The van der Waals surface area contributed by atoms with Crippen LogP contribution < -0.4 is 29.6 Å². The van der Waals surface area contributed by atoms with E-state index in [0.717, 1.165) is 10.8 Å². The predicted octanol–water partition coefficient (Wildman–Crippen LogP) is -0.726. The van der Waals surface area contributed by atoms with Gasteiger partial charge in [-0.15, -0.1) is 0 Å². The Balaban J connectivity index is 0. The first-order valence-corrected chi connectivity index (χ1v) is 4.00. The van der Waals surface area contributed by atoms with E-state index >= 15 is 0 Å². The van der Waals surface area contributed by atoms with Gasteiger partial charge < -0.3 is 6.53 Å². The summed E-state index contributed by atoms with van der Waals surface area (Å²) in [7, 11) is 0. The number of hydrogen-bond acceptors (Lipinski definition) is 1. The van der Waals surface area contributed by atoms with Gasteiger partial charge in [0.1, 0.15) is 0 Å². The maximum absolute atomic E-state index is 10.8. The standard InChI is InChI=1S/C11H8O2.Al.Na.H/c12-11(13)10-7-3-5-8-4-1-2-6-9(8)10;;;/h1-7H,(H,12,13);;;/q;;+1;-1. The Kier molecular flexibility index (Phi) is 6.20. The second-order valence-electron chi connectivity index (χ2n) is 2.83. The van der Waals surface area contributed by atoms with Crippen LogP contribution >= 0.6 is 0 Å². The third-order valence-electron chi connectivity index (χ3n) is 2.02. The Morgan fingerprint density at radius 3 is 2.33 bits per heavy atom. The van der Waals surface area contributed by atoms with Crippen molar-refractivity contribution >= 4 is 34.1 Å². The maximum atomic E-state index is 10.8. The molecule has 2 rings (SSSR count). The van der Waals surface area contributed by atoms with Crippen LogP contribution in [0.2, 0.25) is 0 Å². The van der Waals surface area contributed by atoms with Gasteiger partial charge in [-0.25, -0.2) is 4.79 Å². The van der Waals surface area contributed by atoms with E-state index in [2.05, 4.69) is 0 Å². The van der Waals surface area contributed by atoms with Gasteiger partial charge >= 0.3 is 35.5 Å². The molecule has 0 aromatic heterocycles. The Bertz CT molecular complexity index is 471. The minimum absolute atomic E-state index is 0. The Hall–Kier alpha value is -0.298. The van der Waals surface area contributed by atoms with Gasteiger partial charge in [-0.2, -0.15) is 0 Å². The van der Waals surface area contributed by atoms with Crippen molar-refractivity contribution in [2.45, 2.75) is 0 Å². The molecule has 0 atom stereocenters. The zero-order chi connectivity index (χ0) is 9.26. The quantitative estimate of drug-likeness (QED) is 0.647. The molecule has 0 bridgehead atoms. The minimum Gasteiger partial charge on any atom is -1.00 e. The van der Waals surface area contributed by atoms with Crippen LogP contribution in [0.4, 0.5) is 0 Å². The van der Waals surface area contributed by atoms with Gasteiger partial charge in [0.25, 0.3) is 0 Å². The summed E-state index contributed by atoms with van der Waals surface area (Å²) >= 11 is 0. The van der Waals surface area contributed by atoms with Crippen LogP contribution in [0.1, 0.15) is 11.8 Å². The van der Waals surface area contributed by atoms with Crippen LogP contribution in [0.3, 0.4) is 0 Å². The van der Waals surface area contributed by atoms with Crippen molar-refractivity contribution < 1.29 is 40.9 Å². The van der Waals surface area contributed by atoms with Crippen molar-refractivity contribution in [3.8, 4) is 0 Å². The fourth-order valence-corrected chi connectivity index (χ4v) is 1.41. The van der Waals surface area contributed by atoms with E-state index in [1.165, 1.54) is 0 Å². The summed E-state index contributed by atoms with van der Waals surface area (Å²) in [5, 5.41) is 10.6. The molecule has 0 unspecified atom stereocenters. The summed E-state index contributed by atoms with van der Waals surface area (Å²) in [5.74, 6) is -0.878. The van der Waals surface area contributed by atoms with E-state index in [1.807, 2.05) is 30.3 Å². The normalized spacial score (nSPS) is 8.80. The Morgan fingerprint density at radius 1 is 1.07 bits per heavy atom. The summed E-state index contributed by atoms with van der Waals surface area (Å²) in [4.78, 5) is 10.8. The second-order valence-corrected chi connectivity index (χ2v) is 2.83. The van der Waals surface area contributed by atoms with Gasteiger partial charge in [0.05, 0.1) is 5.56 Å². The minimum atomic E-state index is -0.878. The molecule has 0 saturated heterocycles. The van der Waals surface area contributed by atoms with Crippen LogP contribution in [0, 0.1) is 0 Å². The van der Waals surface area contributed by atoms with E-state index in [-0.39, 0.29) is 48.3 Å². The summed E-state index contributed by atoms with van der Waals surface area (Å²) in [6, 6.07) is 12.7. The largest absolute Gasteiger partial charge is 1.00 e. The molecule has 0 aliphatic carbocycles. The van der Waals surface area contributed by atoms with Crippen molar-refractivity contribution in [2.24, 2.45) is 0 Å². The smallest absolute Gasteiger partial charge is 1.00 e. The molecule has 1 N–H and O–H groups in total. The van der Waals surface area contributed by atoms with Crippen molar-refractivity contribution in [3.05, 3.63) is 48.0 Å². The number of carboxylic acids is 1. The fourth-order valence-electron chi connectivity index (χ4n) is 1.41. The van der Waals surface area contributed by atoms with E-state index in [9.17, 15) is 4.79 Å². The van der Waals surface area contributed by atoms with Crippen molar-refractivity contribution in [1.82, 2.24) is 0 Å². The molecule has 0 spiro atoms. The third kappa shape index (κ3) is 3.08. The maximum Gasteiger partial charge on any atom is 1.00 e. The van der Waals surface area contributed by atoms with Crippen molar-refractivity contribution in [2.75, 3.05) is 0 Å². The monoisotopic (exact) mass is 223 g/mol. The first kappa shape index (κ1) is 14.7. The molecule has 2 nitrogen and oxygen atoms in total. The number of hydrogen-bond donors (Lipinski definition) is 1. The van der Waals surface area contributed by atoms with Crippen LogP contribution in [-0.4, -0.2) is 28.4 Å². The SMILES string of the molecule is O=C(O)c1cccc2ccccc12.[Al].[H-].[Na+]. The molecular formula is C11H9AlNaO2. The summed E-state index contributed by atoms with van der Waals surface area (Å²) in [6.45, 7) is 0. The fraction of sp³-hybridized carbons (Fsp3) is 0. The zero-order valence-electron chi connectivity index (χ0n) is 9.47. The summed E-state index contributed by atoms with van der Waals surface area (Å²) in [6.07, 6.45) is 0.